The topological polar surface area (TPSA) is 74.3 Å². The average Bonchev–Trinajstić information content (AvgIpc) is 2.99. The van der Waals surface area contributed by atoms with Crippen molar-refractivity contribution >= 4 is 27.1 Å². The van der Waals surface area contributed by atoms with Crippen molar-refractivity contribution in [3.63, 3.8) is 0 Å². The van der Waals surface area contributed by atoms with Crippen LogP contribution in [0.3, 0.4) is 0 Å². The first-order chi connectivity index (χ1) is 10.7. The summed E-state index contributed by atoms with van der Waals surface area (Å²) in [5, 5.41) is 10.5. The number of likely N-dealkylation sites (tertiary alicyclic amines) is 1. The minimum Gasteiger partial charge on any atom is -0.356 e. The Balaban J connectivity index is 1.88. The highest BCUT2D eigenvalue weighted by Crippen LogP contribution is 2.36. The van der Waals surface area contributed by atoms with Gasteiger partial charge in [-0.25, -0.2) is 14.9 Å². The Morgan fingerprint density at radius 3 is 2.91 bits per heavy atom. The van der Waals surface area contributed by atoms with Crippen molar-refractivity contribution in [2.75, 3.05) is 6.54 Å². The van der Waals surface area contributed by atoms with E-state index in [-0.39, 0.29) is 6.04 Å². The highest BCUT2D eigenvalue weighted by molar-refractivity contribution is 9.10. The monoisotopic (exact) mass is 382 g/mol. The van der Waals surface area contributed by atoms with Gasteiger partial charge in [-0.1, -0.05) is 6.92 Å². The number of hydrogen-bond donors (Lipinski definition) is 2. The lowest BCUT2D eigenvalue weighted by atomic mass is 10.1. The number of pyridine rings is 1. The van der Waals surface area contributed by atoms with Gasteiger partial charge in [-0.2, -0.15) is 0 Å². The molecule has 1 aliphatic rings. The van der Waals surface area contributed by atoms with Crippen LogP contribution in [-0.4, -0.2) is 43.5 Å². The van der Waals surface area contributed by atoms with Crippen LogP contribution >= 0.6 is 15.9 Å². The van der Waals surface area contributed by atoms with E-state index in [1.807, 2.05) is 31.7 Å². The predicted octanol–water partition coefficient (Wildman–Crippen LogP) is 3.19. The number of aliphatic hydroxyl groups excluding tert-OH is 1. The van der Waals surface area contributed by atoms with Crippen molar-refractivity contribution in [1.29, 1.82) is 0 Å². The third-order valence-electron chi connectivity index (χ3n) is 3.93. The van der Waals surface area contributed by atoms with Crippen molar-refractivity contribution in [2.24, 2.45) is 5.92 Å². The van der Waals surface area contributed by atoms with Gasteiger partial charge in [0.2, 0.25) is 6.41 Å². The fourth-order valence-electron chi connectivity index (χ4n) is 3.03. The number of aromatic nitrogens is 3. The predicted molar refractivity (Wildman–Crippen MR) is 91.7 cm³/mol. The summed E-state index contributed by atoms with van der Waals surface area (Å²) < 4.78 is 6.64. The highest BCUT2D eigenvalue weighted by atomic mass is 79.9. The molecule has 0 radical (unpaired) electrons. The maximum absolute atomic E-state index is 10.5. The molecule has 0 aliphatic carbocycles. The third kappa shape index (κ3) is 3.74. The molecule has 2 aromatic heterocycles. The first-order valence-corrected chi connectivity index (χ1v) is 8.65. The Bertz CT molecular complexity index is 697. The van der Waals surface area contributed by atoms with Crippen molar-refractivity contribution in [3.8, 4) is 0 Å². The zero-order valence-corrected chi connectivity index (χ0v) is 15.5. The molecular formula is C16H23BrN4O2. The summed E-state index contributed by atoms with van der Waals surface area (Å²) in [5.74, 6) is 1.29. The normalized spacial score (nSPS) is 24.4. The second kappa shape index (κ2) is 6.12. The summed E-state index contributed by atoms with van der Waals surface area (Å²) in [7, 11) is 0. The maximum atomic E-state index is 10.5. The summed E-state index contributed by atoms with van der Waals surface area (Å²) in [6.45, 7) is 8.76. The molecule has 1 saturated heterocycles. The Morgan fingerprint density at radius 2 is 2.22 bits per heavy atom. The number of nitrogens with zero attached hydrogens (tertiary/aromatic N) is 3. The summed E-state index contributed by atoms with van der Waals surface area (Å²) >= 11 is 3.42. The maximum Gasteiger partial charge on any atom is 0.217 e. The van der Waals surface area contributed by atoms with Gasteiger partial charge in [0.1, 0.15) is 5.82 Å². The van der Waals surface area contributed by atoms with Gasteiger partial charge in [0, 0.05) is 17.2 Å². The Morgan fingerprint density at radius 1 is 1.48 bits per heavy atom. The Labute approximate surface area is 144 Å². The lowest BCUT2D eigenvalue weighted by Crippen LogP contribution is -2.41. The quantitative estimate of drug-likeness (QED) is 0.797. The molecule has 0 aromatic carbocycles. The molecule has 0 bridgehead atoms. The number of ether oxygens (including phenoxy) is 1. The molecule has 126 valence electrons. The minimum absolute atomic E-state index is 0.00433. The number of hydrogen-bond acceptors (Lipinski definition) is 5. The Hall–Kier alpha value is -1.02. The fourth-order valence-corrected chi connectivity index (χ4v) is 3.36. The summed E-state index contributed by atoms with van der Waals surface area (Å²) in [6, 6.07) is 1.96. The first-order valence-electron chi connectivity index (χ1n) is 7.86. The molecule has 7 heteroatoms. The minimum atomic E-state index is -0.946. The summed E-state index contributed by atoms with van der Waals surface area (Å²) in [6.07, 6.45) is 1.71. The molecule has 6 nitrogen and oxygen atoms in total. The average molecular weight is 383 g/mol. The van der Waals surface area contributed by atoms with E-state index in [0.717, 1.165) is 28.8 Å². The van der Waals surface area contributed by atoms with Crippen molar-refractivity contribution in [2.45, 2.75) is 52.2 Å². The van der Waals surface area contributed by atoms with Crippen molar-refractivity contribution < 1.29 is 9.84 Å². The lowest BCUT2D eigenvalue weighted by Gasteiger charge is -2.32. The lowest BCUT2D eigenvalue weighted by molar-refractivity contribution is -0.243. The van der Waals surface area contributed by atoms with Crippen LogP contribution in [0.15, 0.2) is 16.7 Å². The molecule has 0 spiro atoms. The number of nitrogens with one attached hydrogen (secondary N) is 1. The molecule has 0 saturated carbocycles. The van der Waals surface area contributed by atoms with Crippen LogP contribution in [0.4, 0.5) is 0 Å². The van der Waals surface area contributed by atoms with Crippen LogP contribution in [-0.2, 0) is 4.74 Å². The summed E-state index contributed by atoms with van der Waals surface area (Å²) in [4.78, 5) is 14.2. The number of aromatic amines is 1. The van der Waals surface area contributed by atoms with Crippen molar-refractivity contribution in [3.05, 3.63) is 22.6 Å². The number of rotatable bonds is 3. The second-order valence-corrected chi connectivity index (χ2v) is 8.17. The molecule has 3 heterocycles. The smallest absolute Gasteiger partial charge is 0.217 e. The van der Waals surface area contributed by atoms with Gasteiger partial charge in [-0.15, -0.1) is 0 Å². The zero-order chi connectivity index (χ0) is 16.8. The van der Waals surface area contributed by atoms with Gasteiger partial charge in [-0.3, -0.25) is 0 Å². The van der Waals surface area contributed by atoms with E-state index in [1.54, 1.807) is 6.20 Å². The molecule has 23 heavy (non-hydrogen) atoms. The molecule has 3 atom stereocenters. The second-order valence-electron chi connectivity index (χ2n) is 7.26. The van der Waals surface area contributed by atoms with Gasteiger partial charge in [-0.05, 0) is 55.1 Å². The van der Waals surface area contributed by atoms with E-state index in [0.29, 0.717) is 11.6 Å². The molecular weight excluding hydrogens is 360 g/mol. The number of imidazole rings is 1. The van der Waals surface area contributed by atoms with Gasteiger partial charge in [0.15, 0.2) is 5.65 Å². The van der Waals surface area contributed by atoms with E-state index < -0.39 is 12.0 Å². The number of aliphatic hydroxyl groups is 1. The van der Waals surface area contributed by atoms with Crippen LogP contribution in [0, 0.1) is 5.92 Å². The highest BCUT2D eigenvalue weighted by Gasteiger charge is 2.38. The van der Waals surface area contributed by atoms with E-state index in [9.17, 15) is 5.11 Å². The molecule has 2 N–H and O–H groups in total. The number of halogens is 1. The SMILES string of the molecule is CC1CC(c2nc3ncc(Br)cc3[nH]2)N(C(O)OC(C)(C)C)C1. The van der Waals surface area contributed by atoms with Gasteiger partial charge in [0.05, 0.1) is 17.2 Å². The summed E-state index contributed by atoms with van der Waals surface area (Å²) in [5.41, 5.74) is 1.17. The number of fused-ring (bicyclic) bond motifs is 1. The van der Waals surface area contributed by atoms with E-state index >= 15 is 0 Å². The van der Waals surface area contributed by atoms with Gasteiger partial charge < -0.3 is 14.8 Å². The first kappa shape index (κ1) is 16.8. The molecule has 2 aromatic rings. The van der Waals surface area contributed by atoms with E-state index in [4.69, 9.17) is 4.74 Å². The van der Waals surface area contributed by atoms with Crippen LogP contribution < -0.4 is 0 Å². The van der Waals surface area contributed by atoms with E-state index in [2.05, 4.69) is 37.8 Å². The largest absolute Gasteiger partial charge is 0.356 e. The van der Waals surface area contributed by atoms with Crippen molar-refractivity contribution in [1.82, 2.24) is 19.9 Å². The molecule has 3 rings (SSSR count). The molecule has 3 unspecified atom stereocenters. The standard InChI is InChI=1S/C16H23BrN4O2/c1-9-5-12(21(8-9)15(22)23-16(2,3)4)14-19-11-6-10(17)7-18-13(11)20-14/h6-7,9,12,15,22H,5,8H2,1-4H3,(H,18,19,20). The molecule has 0 amide bonds. The van der Waals surface area contributed by atoms with E-state index in [1.165, 1.54) is 0 Å². The zero-order valence-electron chi connectivity index (χ0n) is 13.9. The van der Waals surface area contributed by atoms with Crippen LogP contribution in [0.2, 0.25) is 0 Å². The fraction of sp³-hybridized carbons (Fsp3) is 0.625. The van der Waals surface area contributed by atoms with Crippen LogP contribution in [0.25, 0.3) is 11.2 Å². The third-order valence-corrected chi connectivity index (χ3v) is 4.36. The molecule has 1 aliphatic heterocycles. The van der Waals surface area contributed by atoms with Gasteiger partial charge in [0.25, 0.3) is 0 Å². The Kier molecular flexibility index (Phi) is 4.48. The van der Waals surface area contributed by atoms with Crippen LogP contribution in [0.5, 0.6) is 0 Å². The molecule has 1 fully saturated rings. The van der Waals surface area contributed by atoms with Gasteiger partial charge >= 0.3 is 0 Å². The van der Waals surface area contributed by atoms with Crippen LogP contribution in [0.1, 0.15) is 46.0 Å². The number of H-pyrrole nitrogens is 1.